The Labute approximate surface area is 600 Å². The van der Waals surface area contributed by atoms with Crippen LogP contribution in [-0.2, 0) is 0 Å². The molecule has 6 heteroatoms. The zero-order valence-corrected chi connectivity index (χ0v) is 63.8. The summed E-state index contributed by atoms with van der Waals surface area (Å²) in [6.45, 7) is 8.98. The van der Waals surface area contributed by atoms with Gasteiger partial charge >= 0.3 is 330 Å². The van der Waals surface area contributed by atoms with Crippen LogP contribution < -0.4 is 18.6 Å². The van der Waals surface area contributed by atoms with Crippen LogP contribution in [0.3, 0.4) is 0 Å². The van der Waals surface area contributed by atoms with Gasteiger partial charge in [-0.3, -0.25) is 0 Å². The maximum Gasteiger partial charge on any atom is 0.0349 e. The molecule has 483 valence electrons. The quantitative estimate of drug-likeness (QED) is 0.0683. The first-order valence-corrected chi connectivity index (χ1v) is 50.3. The topological polar surface area (TPSA) is 6.48 Å². The minimum absolute atomic E-state index is 0. The van der Waals surface area contributed by atoms with Gasteiger partial charge in [-0.05, 0) is 101 Å². The van der Waals surface area contributed by atoms with Gasteiger partial charge in [-0.2, -0.15) is 0 Å². The molecular formula is C94H80BGe2N2S. The molecular weight excluding hydrogens is 1350 g/mol. The van der Waals surface area contributed by atoms with Gasteiger partial charge in [0.2, 0.25) is 0 Å². The van der Waals surface area contributed by atoms with Crippen LogP contribution in [0.5, 0.6) is 0 Å². The first-order valence-electron chi connectivity index (χ1n) is 34.8. The number of thiophene rings is 1. The Hall–Kier alpha value is -9.95. The van der Waals surface area contributed by atoms with Gasteiger partial charge in [0, 0.05) is 18.2 Å². The van der Waals surface area contributed by atoms with Crippen molar-refractivity contribution in [2.75, 3.05) is 9.80 Å². The molecule has 0 atom stereocenters. The minimum atomic E-state index is -2.00. The van der Waals surface area contributed by atoms with E-state index in [2.05, 4.69) is 375 Å². The second-order valence-corrected chi connectivity index (χ2v) is 51.4. The van der Waals surface area contributed by atoms with E-state index >= 15 is 0 Å². The van der Waals surface area contributed by atoms with Crippen molar-refractivity contribution in [2.24, 2.45) is 0 Å². The summed E-state index contributed by atoms with van der Waals surface area (Å²) in [5, 5.41) is 17.9. The van der Waals surface area contributed by atoms with E-state index in [-0.39, 0.29) is 8.41 Å². The Bertz CT molecular complexity index is 5660. The molecule has 0 aliphatic carbocycles. The molecule has 16 aromatic carbocycles. The number of para-hydroxylation sites is 2. The molecule has 0 saturated carbocycles. The molecule has 0 bridgehead atoms. The smallest absolute Gasteiger partial charge is 0.0349 e. The Morgan fingerprint density at radius 1 is 0.270 bits per heavy atom. The fraction of sp³-hybridized carbons (Fsp3) is 0.106. The van der Waals surface area contributed by atoms with Gasteiger partial charge in [0.25, 0.3) is 0 Å². The minimum Gasteiger partial charge on any atom is -0.135 e. The average Bonchev–Trinajstić information content (AvgIpc) is 0.787. The molecule has 17 rings (SSSR count). The number of hydrogen-bond donors (Lipinski definition) is 0. The maximum atomic E-state index is 2.52. The first kappa shape index (κ1) is 66.0. The largest absolute Gasteiger partial charge is 0.135 e. The normalized spacial score (nSPS) is 11.8. The van der Waals surface area contributed by atoms with Gasteiger partial charge in [-0.1, -0.05) is 146 Å². The molecule has 3 radical (unpaired) electrons. The number of benzene rings is 16. The van der Waals surface area contributed by atoms with Crippen molar-refractivity contribution in [1.82, 2.24) is 0 Å². The van der Waals surface area contributed by atoms with Crippen molar-refractivity contribution in [3.63, 3.8) is 0 Å². The maximum absolute atomic E-state index is 2.52. The summed E-state index contributed by atoms with van der Waals surface area (Å²) < 4.78 is 3.04. The van der Waals surface area contributed by atoms with Gasteiger partial charge in [-0.15, -0.1) is 11.3 Å². The molecule has 0 spiro atoms. The third kappa shape index (κ3) is 11.9. The molecule has 0 fully saturated rings. The van der Waals surface area contributed by atoms with Crippen molar-refractivity contribution in [1.29, 1.82) is 0 Å². The number of hydrogen-bond acceptors (Lipinski definition) is 3. The number of rotatable bonds is 12. The van der Waals surface area contributed by atoms with Crippen LogP contribution in [0.4, 0.5) is 34.1 Å². The third-order valence-corrected chi connectivity index (χ3v) is 30.3. The van der Waals surface area contributed by atoms with Crippen LogP contribution in [-0.4, -0.2) is 34.9 Å². The van der Waals surface area contributed by atoms with Crippen LogP contribution in [0.15, 0.2) is 303 Å². The van der Waals surface area contributed by atoms with E-state index in [4.69, 9.17) is 0 Å². The second kappa shape index (κ2) is 26.6. The number of nitrogens with zero attached hydrogens (tertiary/aromatic N) is 2. The van der Waals surface area contributed by atoms with Crippen LogP contribution in [0.1, 0.15) is 22.3 Å². The molecule has 1 aromatic heterocycles. The standard InChI is InChI=1S/C50H52Ge2N2.C44H28S.B/c1-33-13-11-14-34(2)49(33)53(41-25-21-39(22-26-41)51(5,6)7)45-31-19-37-18-30-44-46(32-20-38-17-29-43(45)47(37)48(38)44)54(50-35(3)15-12-16-36(50)4)42-27-23-40(24-28-42)52(8,9)10;1-2-13-29(14-3-1)41-25-26-42(45-41)31-16-12-17-32(27-31)43-36-21-8-10-23-38(36)44(39-24-11-9-22-37(39)43)40-28-30-15-4-5-18-33(30)34-19-6-7-20-35(34)40;/h11-32H,1-10H3;1-28H;. The monoisotopic (exact) mass is 1430 g/mol. The van der Waals surface area contributed by atoms with Crippen molar-refractivity contribution >= 4 is 165 Å². The predicted molar refractivity (Wildman–Crippen MR) is 446 cm³/mol. The molecule has 0 N–H and O–H groups in total. The van der Waals surface area contributed by atoms with Crippen molar-refractivity contribution in [2.45, 2.75) is 62.2 Å². The zero-order valence-electron chi connectivity index (χ0n) is 58.7. The Morgan fingerprint density at radius 3 is 1.13 bits per heavy atom. The number of anilines is 6. The summed E-state index contributed by atoms with van der Waals surface area (Å²) in [5.74, 6) is 14.8. The molecule has 100 heavy (non-hydrogen) atoms. The zero-order chi connectivity index (χ0) is 67.8. The van der Waals surface area contributed by atoms with Gasteiger partial charge in [-0.25, -0.2) is 0 Å². The first-order chi connectivity index (χ1) is 48.1. The van der Waals surface area contributed by atoms with Crippen molar-refractivity contribution in [3.05, 3.63) is 326 Å². The molecule has 0 saturated heterocycles. The van der Waals surface area contributed by atoms with Gasteiger partial charge < -0.3 is 0 Å². The van der Waals surface area contributed by atoms with E-state index < -0.39 is 26.5 Å². The van der Waals surface area contributed by atoms with Crippen molar-refractivity contribution < 1.29 is 0 Å². The summed E-state index contributed by atoms with van der Waals surface area (Å²) in [4.78, 5) is 7.60. The molecule has 0 aliphatic rings. The second-order valence-electron chi connectivity index (χ2n) is 29.0. The van der Waals surface area contributed by atoms with E-state index in [1.54, 1.807) is 0 Å². The Kier molecular flexibility index (Phi) is 17.6. The van der Waals surface area contributed by atoms with E-state index in [0.717, 1.165) is 0 Å². The van der Waals surface area contributed by atoms with Crippen molar-refractivity contribution in [3.8, 4) is 43.1 Å². The molecule has 0 aliphatic heterocycles. The fourth-order valence-corrected chi connectivity index (χ4v) is 21.4. The molecule has 0 amide bonds. The summed E-state index contributed by atoms with van der Waals surface area (Å²) >= 11 is -2.15. The third-order valence-electron chi connectivity index (χ3n) is 20.5. The van der Waals surface area contributed by atoms with Crippen LogP contribution in [0, 0.1) is 27.7 Å². The fourth-order valence-electron chi connectivity index (χ4n) is 15.5. The Balaban J connectivity index is 0.000000163. The van der Waals surface area contributed by atoms with Gasteiger partial charge in [0.05, 0.1) is 0 Å². The van der Waals surface area contributed by atoms with Crippen LogP contribution >= 0.6 is 11.3 Å². The summed E-state index contributed by atoms with van der Waals surface area (Å²) in [6, 6.07) is 113. The molecule has 2 nitrogen and oxygen atoms in total. The van der Waals surface area contributed by atoms with E-state index in [0.29, 0.717) is 0 Å². The summed E-state index contributed by atoms with van der Waals surface area (Å²) in [6.07, 6.45) is 0. The van der Waals surface area contributed by atoms with Gasteiger partial charge in [0.1, 0.15) is 0 Å². The SMILES string of the molecule is Cc1cccc(C)c1N(c1cc[c]([Ge]([CH3])([CH3])[CH3])cc1)c1ccc2ccc3c(N(c4cc[c]([Ge]([CH3])([CH3])[CH3])cc4)c4c(C)cccc4C)ccc4ccc1c2c43.[B].c1ccc(-c2ccc(-c3cccc(-c4c5ccccc5c(-c5cc6ccccc6c6ccccc56)c5ccccc45)c3)s2)cc1. The molecule has 0 unspecified atom stereocenters. The average molecular weight is 1430 g/mol. The summed E-state index contributed by atoms with van der Waals surface area (Å²) in [7, 11) is 0. The van der Waals surface area contributed by atoms with E-state index in [1.165, 1.54) is 184 Å². The van der Waals surface area contributed by atoms with E-state index in [9.17, 15) is 0 Å². The van der Waals surface area contributed by atoms with E-state index in [1.807, 2.05) is 11.3 Å². The Morgan fingerprint density at radius 2 is 0.650 bits per heavy atom. The predicted octanol–water partition coefficient (Wildman–Crippen LogP) is 26.5. The summed E-state index contributed by atoms with van der Waals surface area (Å²) in [5.41, 5.74) is 20.0. The molecule has 17 aromatic rings. The number of fused-ring (bicyclic) bond motifs is 5. The molecule has 1 heterocycles. The van der Waals surface area contributed by atoms with Crippen LogP contribution in [0.25, 0.3) is 119 Å². The number of aryl methyl sites for hydroxylation is 4. The van der Waals surface area contributed by atoms with Crippen LogP contribution in [0.2, 0.25) is 34.5 Å². The van der Waals surface area contributed by atoms with Gasteiger partial charge in [0.15, 0.2) is 0 Å².